The average Bonchev–Trinajstić information content (AvgIpc) is 2.49. The van der Waals surface area contributed by atoms with Crippen molar-refractivity contribution in [1.82, 2.24) is 4.98 Å². The second kappa shape index (κ2) is 7.18. The van der Waals surface area contributed by atoms with E-state index in [0.717, 1.165) is 29.2 Å². The van der Waals surface area contributed by atoms with E-state index in [2.05, 4.69) is 17.2 Å². The Morgan fingerprint density at radius 3 is 2.62 bits per heavy atom. The maximum atomic E-state index is 6.05. The van der Waals surface area contributed by atoms with Crippen molar-refractivity contribution < 1.29 is 9.47 Å². The van der Waals surface area contributed by atoms with Crippen LogP contribution >= 0.6 is 11.6 Å². The van der Waals surface area contributed by atoms with Gasteiger partial charge in [-0.15, -0.1) is 0 Å². The van der Waals surface area contributed by atoms with Gasteiger partial charge in [0.1, 0.15) is 0 Å². The first kappa shape index (κ1) is 15.4. The first-order chi connectivity index (χ1) is 10.1. The molecule has 1 aromatic heterocycles. The van der Waals surface area contributed by atoms with E-state index in [1.165, 1.54) is 0 Å². The first-order valence-electron chi connectivity index (χ1n) is 6.72. The maximum absolute atomic E-state index is 6.05. The standard InChI is InChI=1S/C16H19ClN2O2/c1-11(19-13-5-4-8-18-16(13)17)9-12-6-7-14(20-2)15(10-12)21-3/h4-8,10-11,19H,9H2,1-3H3. The largest absolute Gasteiger partial charge is 0.493 e. The Bertz CT molecular complexity index is 605. The highest BCUT2D eigenvalue weighted by atomic mass is 35.5. The Morgan fingerprint density at radius 2 is 1.95 bits per heavy atom. The number of benzene rings is 1. The third kappa shape index (κ3) is 4.02. The molecular weight excluding hydrogens is 288 g/mol. The Kier molecular flexibility index (Phi) is 5.28. The molecule has 0 aliphatic heterocycles. The van der Waals surface area contributed by atoms with E-state index in [4.69, 9.17) is 21.1 Å². The van der Waals surface area contributed by atoms with Crippen molar-refractivity contribution in [3.63, 3.8) is 0 Å². The van der Waals surface area contributed by atoms with Gasteiger partial charge in [0.25, 0.3) is 0 Å². The summed E-state index contributed by atoms with van der Waals surface area (Å²) < 4.78 is 10.6. The van der Waals surface area contributed by atoms with Gasteiger partial charge in [0, 0.05) is 12.2 Å². The van der Waals surface area contributed by atoms with Gasteiger partial charge in [0.2, 0.25) is 0 Å². The molecule has 1 heterocycles. The number of rotatable bonds is 6. The second-order valence-electron chi connectivity index (χ2n) is 4.78. The van der Waals surface area contributed by atoms with Crippen LogP contribution in [0.2, 0.25) is 5.15 Å². The number of nitrogens with one attached hydrogen (secondary N) is 1. The van der Waals surface area contributed by atoms with Crippen molar-refractivity contribution in [1.29, 1.82) is 0 Å². The summed E-state index contributed by atoms with van der Waals surface area (Å²) >= 11 is 6.05. The molecule has 1 atom stereocenters. The van der Waals surface area contributed by atoms with Crippen LogP contribution in [0.25, 0.3) is 0 Å². The van der Waals surface area contributed by atoms with E-state index in [9.17, 15) is 0 Å². The zero-order valence-electron chi connectivity index (χ0n) is 12.4. The molecule has 0 amide bonds. The molecule has 2 rings (SSSR count). The summed E-state index contributed by atoms with van der Waals surface area (Å²) in [5.41, 5.74) is 2.00. The van der Waals surface area contributed by atoms with Crippen LogP contribution in [0.5, 0.6) is 11.5 Å². The smallest absolute Gasteiger partial charge is 0.160 e. The van der Waals surface area contributed by atoms with Crippen LogP contribution in [0, 0.1) is 0 Å². The molecule has 0 saturated heterocycles. The number of hydrogen-bond donors (Lipinski definition) is 1. The highest BCUT2D eigenvalue weighted by Crippen LogP contribution is 2.28. The van der Waals surface area contributed by atoms with E-state index >= 15 is 0 Å². The van der Waals surface area contributed by atoms with Crippen LogP contribution in [-0.4, -0.2) is 25.2 Å². The predicted octanol–water partition coefficient (Wildman–Crippen LogP) is 3.80. The predicted molar refractivity (Wildman–Crippen MR) is 85.6 cm³/mol. The highest BCUT2D eigenvalue weighted by Gasteiger charge is 2.09. The van der Waals surface area contributed by atoms with E-state index < -0.39 is 0 Å². The summed E-state index contributed by atoms with van der Waals surface area (Å²) in [5.74, 6) is 1.47. The summed E-state index contributed by atoms with van der Waals surface area (Å²) in [7, 11) is 3.27. The minimum Gasteiger partial charge on any atom is -0.493 e. The van der Waals surface area contributed by atoms with E-state index in [-0.39, 0.29) is 6.04 Å². The number of aromatic nitrogens is 1. The molecule has 0 aliphatic carbocycles. The lowest BCUT2D eigenvalue weighted by Crippen LogP contribution is -2.18. The molecule has 0 spiro atoms. The normalized spacial score (nSPS) is 11.8. The van der Waals surface area contributed by atoms with Gasteiger partial charge in [-0.3, -0.25) is 0 Å². The maximum Gasteiger partial charge on any atom is 0.160 e. The fourth-order valence-corrected chi connectivity index (χ4v) is 2.35. The Labute approximate surface area is 130 Å². The number of methoxy groups -OCH3 is 2. The summed E-state index contributed by atoms with van der Waals surface area (Å²) in [6.45, 7) is 2.10. The van der Waals surface area contributed by atoms with Crippen LogP contribution in [0.3, 0.4) is 0 Å². The SMILES string of the molecule is COc1ccc(CC(C)Nc2cccnc2Cl)cc1OC. The van der Waals surface area contributed by atoms with E-state index in [1.54, 1.807) is 20.4 Å². The van der Waals surface area contributed by atoms with Crippen molar-refractivity contribution in [2.45, 2.75) is 19.4 Å². The molecule has 0 aliphatic rings. The Morgan fingerprint density at radius 1 is 1.19 bits per heavy atom. The van der Waals surface area contributed by atoms with E-state index in [1.807, 2.05) is 30.3 Å². The number of hydrogen-bond acceptors (Lipinski definition) is 4. The van der Waals surface area contributed by atoms with Crippen LogP contribution < -0.4 is 14.8 Å². The zero-order chi connectivity index (χ0) is 15.2. The topological polar surface area (TPSA) is 43.4 Å². The second-order valence-corrected chi connectivity index (χ2v) is 5.14. The van der Waals surface area contributed by atoms with Crippen molar-refractivity contribution in [3.8, 4) is 11.5 Å². The van der Waals surface area contributed by atoms with Crippen molar-refractivity contribution in [3.05, 3.63) is 47.2 Å². The highest BCUT2D eigenvalue weighted by molar-refractivity contribution is 6.31. The van der Waals surface area contributed by atoms with Crippen LogP contribution in [-0.2, 0) is 6.42 Å². The molecule has 21 heavy (non-hydrogen) atoms. The summed E-state index contributed by atoms with van der Waals surface area (Å²) in [6, 6.07) is 9.92. The Hall–Kier alpha value is -1.94. The van der Waals surface area contributed by atoms with Gasteiger partial charge in [0.15, 0.2) is 16.7 Å². The molecule has 2 aromatic rings. The van der Waals surface area contributed by atoms with Gasteiger partial charge in [0.05, 0.1) is 19.9 Å². The molecule has 1 aromatic carbocycles. The molecule has 1 unspecified atom stereocenters. The van der Waals surface area contributed by atoms with Crippen molar-refractivity contribution in [2.75, 3.05) is 19.5 Å². The van der Waals surface area contributed by atoms with Gasteiger partial charge in [-0.25, -0.2) is 4.98 Å². The molecule has 0 saturated carbocycles. The molecular formula is C16H19ClN2O2. The fourth-order valence-electron chi connectivity index (χ4n) is 2.17. The minimum atomic E-state index is 0.213. The third-order valence-corrected chi connectivity index (χ3v) is 3.45. The number of pyridine rings is 1. The number of nitrogens with zero attached hydrogens (tertiary/aromatic N) is 1. The van der Waals surface area contributed by atoms with Crippen LogP contribution in [0.1, 0.15) is 12.5 Å². The van der Waals surface area contributed by atoms with Gasteiger partial charge < -0.3 is 14.8 Å². The van der Waals surface area contributed by atoms with Gasteiger partial charge >= 0.3 is 0 Å². The van der Waals surface area contributed by atoms with Crippen molar-refractivity contribution in [2.24, 2.45) is 0 Å². The van der Waals surface area contributed by atoms with Crippen LogP contribution in [0.15, 0.2) is 36.5 Å². The number of ether oxygens (including phenoxy) is 2. The minimum absolute atomic E-state index is 0.213. The number of anilines is 1. The summed E-state index contributed by atoms with van der Waals surface area (Å²) in [5, 5.41) is 3.84. The number of halogens is 1. The van der Waals surface area contributed by atoms with Crippen LogP contribution in [0.4, 0.5) is 5.69 Å². The Balaban J connectivity index is 2.06. The molecule has 5 heteroatoms. The monoisotopic (exact) mass is 306 g/mol. The molecule has 0 radical (unpaired) electrons. The lowest BCUT2D eigenvalue weighted by molar-refractivity contribution is 0.354. The van der Waals surface area contributed by atoms with Gasteiger partial charge in [-0.05, 0) is 43.2 Å². The molecule has 0 fully saturated rings. The average molecular weight is 307 g/mol. The van der Waals surface area contributed by atoms with Crippen molar-refractivity contribution >= 4 is 17.3 Å². The molecule has 112 valence electrons. The quantitative estimate of drug-likeness (QED) is 0.825. The van der Waals surface area contributed by atoms with E-state index in [0.29, 0.717) is 5.15 Å². The fraction of sp³-hybridized carbons (Fsp3) is 0.312. The molecule has 0 bridgehead atoms. The lowest BCUT2D eigenvalue weighted by Gasteiger charge is -2.17. The van der Waals surface area contributed by atoms with Gasteiger partial charge in [-0.1, -0.05) is 17.7 Å². The first-order valence-corrected chi connectivity index (χ1v) is 7.09. The lowest BCUT2D eigenvalue weighted by atomic mass is 10.1. The third-order valence-electron chi connectivity index (χ3n) is 3.15. The zero-order valence-corrected chi connectivity index (χ0v) is 13.1. The van der Waals surface area contributed by atoms with Gasteiger partial charge in [-0.2, -0.15) is 0 Å². The summed E-state index contributed by atoms with van der Waals surface area (Å²) in [6.07, 6.45) is 2.51. The molecule has 4 nitrogen and oxygen atoms in total. The molecule has 1 N–H and O–H groups in total. The summed E-state index contributed by atoms with van der Waals surface area (Å²) in [4.78, 5) is 4.06.